The standard InChI is InChI=1S/C26H19Cl2N3O2/c27-14-9-11-15(12-10-14)31-20-8-4-2-6-17(20)21(24(31)28)23-22(25(32)30-26(23)33)18-13-29-19-7-3-1-5-16(18)19/h1-9,11,13-15,29H,10,12H2,(H,30,32,33). The molecule has 7 heteroatoms. The van der Waals surface area contributed by atoms with Gasteiger partial charge >= 0.3 is 0 Å². The molecular formula is C26H19Cl2N3O2. The number of nitrogens with one attached hydrogen (secondary N) is 2. The van der Waals surface area contributed by atoms with Crippen LogP contribution in [0.25, 0.3) is 33.0 Å². The predicted molar refractivity (Wildman–Crippen MR) is 132 cm³/mol. The number of carbonyl (C=O) groups excluding carboxylic acids is 2. The van der Waals surface area contributed by atoms with Crippen molar-refractivity contribution in [3.8, 4) is 0 Å². The molecule has 2 unspecified atom stereocenters. The van der Waals surface area contributed by atoms with Crippen LogP contribution in [0.2, 0.25) is 5.15 Å². The maximum Gasteiger partial charge on any atom is 0.259 e. The first-order valence-corrected chi connectivity index (χ1v) is 11.6. The number of hydrogen-bond donors (Lipinski definition) is 2. The Kier molecular flexibility index (Phi) is 4.71. The minimum Gasteiger partial charge on any atom is -0.361 e. The van der Waals surface area contributed by atoms with E-state index >= 15 is 0 Å². The summed E-state index contributed by atoms with van der Waals surface area (Å²) in [7, 11) is 0. The summed E-state index contributed by atoms with van der Waals surface area (Å²) < 4.78 is 2.04. The molecule has 1 aliphatic heterocycles. The third-order valence-corrected chi connectivity index (χ3v) is 7.24. The summed E-state index contributed by atoms with van der Waals surface area (Å²) in [5.41, 5.74) is 3.71. The van der Waals surface area contributed by atoms with Crippen molar-refractivity contribution in [2.75, 3.05) is 0 Å². The Morgan fingerprint density at radius 3 is 2.39 bits per heavy atom. The van der Waals surface area contributed by atoms with Gasteiger partial charge in [-0.2, -0.15) is 0 Å². The fraction of sp³-hybridized carbons (Fsp3) is 0.154. The molecule has 0 bridgehead atoms. The smallest absolute Gasteiger partial charge is 0.259 e. The van der Waals surface area contributed by atoms with Crippen LogP contribution in [0.3, 0.4) is 0 Å². The molecule has 2 aromatic heterocycles. The minimum atomic E-state index is -0.440. The highest BCUT2D eigenvalue weighted by Crippen LogP contribution is 2.44. The summed E-state index contributed by atoms with van der Waals surface area (Å²) in [5, 5.41) is 4.65. The van der Waals surface area contributed by atoms with Gasteiger partial charge in [0.15, 0.2) is 0 Å². The van der Waals surface area contributed by atoms with E-state index in [1.165, 1.54) is 0 Å². The molecule has 164 valence electrons. The van der Waals surface area contributed by atoms with Gasteiger partial charge in [-0.1, -0.05) is 60.2 Å². The Morgan fingerprint density at radius 1 is 0.879 bits per heavy atom. The summed E-state index contributed by atoms with van der Waals surface area (Å²) in [6.45, 7) is 0. The van der Waals surface area contributed by atoms with Crippen molar-refractivity contribution in [2.45, 2.75) is 24.3 Å². The average molecular weight is 476 g/mol. The van der Waals surface area contributed by atoms with Crippen molar-refractivity contribution in [2.24, 2.45) is 0 Å². The van der Waals surface area contributed by atoms with E-state index in [0.717, 1.165) is 34.6 Å². The molecule has 3 heterocycles. The Labute approximate surface area is 199 Å². The summed E-state index contributed by atoms with van der Waals surface area (Å²) in [6.07, 6.45) is 7.50. The first-order valence-electron chi connectivity index (χ1n) is 10.8. The quantitative estimate of drug-likeness (QED) is 0.222. The third-order valence-electron chi connectivity index (χ3n) is 6.50. The second kappa shape index (κ2) is 7.65. The van der Waals surface area contributed by atoms with Crippen LogP contribution in [0.1, 0.15) is 30.0 Å². The largest absolute Gasteiger partial charge is 0.361 e. The minimum absolute atomic E-state index is 0.00994. The lowest BCUT2D eigenvalue weighted by Crippen LogP contribution is -2.22. The number of imide groups is 1. The van der Waals surface area contributed by atoms with Crippen LogP contribution < -0.4 is 5.32 Å². The molecule has 0 saturated carbocycles. The van der Waals surface area contributed by atoms with Gasteiger partial charge in [-0.3, -0.25) is 14.9 Å². The van der Waals surface area contributed by atoms with Crippen LogP contribution >= 0.6 is 23.2 Å². The predicted octanol–water partition coefficient (Wildman–Crippen LogP) is 5.84. The fourth-order valence-corrected chi connectivity index (χ4v) is 5.63. The number of alkyl halides is 1. The Hall–Kier alpha value is -3.28. The number of halogens is 2. The third kappa shape index (κ3) is 3.07. The average Bonchev–Trinajstić information content (AvgIpc) is 3.45. The van der Waals surface area contributed by atoms with E-state index in [-0.39, 0.29) is 11.4 Å². The maximum absolute atomic E-state index is 13.2. The van der Waals surface area contributed by atoms with Crippen LogP contribution in [-0.4, -0.2) is 26.7 Å². The van der Waals surface area contributed by atoms with Crippen molar-refractivity contribution in [3.05, 3.63) is 83.2 Å². The number of nitrogens with zero attached hydrogens (tertiary/aromatic N) is 1. The molecule has 0 saturated heterocycles. The number of H-pyrrole nitrogens is 1. The van der Waals surface area contributed by atoms with Crippen LogP contribution in [0.5, 0.6) is 0 Å². The molecule has 2 amide bonds. The Bertz CT molecular complexity index is 1530. The molecule has 2 aliphatic rings. The summed E-state index contributed by atoms with van der Waals surface area (Å²) >= 11 is 13.3. The van der Waals surface area contributed by atoms with E-state index in [0.29, 0.717) is 27.4 Å². The molecule has 2 N–H and O–H groups in total. The van der Waals surface area contributed by atoms with E-state index in [4.69, 9.17) is 23.2 Å². The van der Waals surface area contributed by atoms with Crippen molar-refractivity contribution >= 4 is 68.0 Å². The molecule has 6 rings (SSSR count). The summed E-state index contributed by atoms with van der Waals surface area (Å²) in [4.78, 5) is 29.4. The van der Waals surface area contributed by atoms with Gasteiger partial charge in [0.2, 0.25) is 0 Å². The first kappa shape index (κ1) is 20.3. The molecule has 4 aromatic rings. The van der Waals surface area contributed by atoms with Gasteiger partial charge < -0.3 is 9.55 Å². The lowest BCUT2D eigenvalue weighted by molar-refractivity contribution is -0.122. The molecular weight excluding hydrogens is 457 g/mol. The highest BCUT2D eigenvalue weighted by atomic mass is 35.5. The summed E-state index contributed by atoms with van der Waals surface area (Å²) in [5.74, 6) is -0.861. The maximum atomic E-state index is 13.2. The Balaban J connectivity index is 1.65. The van der Waals surface area contributed by atoms with E-state index < -0.39 is 11.8 Å². The molecule has 2 aromatic carbocycles. The monoisotopic (exact) mass is 475 g/mol. The lowest BCUT2D eigenvalue weighted by Gasteiger charge is -2.23. The van der Waals surface area contributed by atoms with E-state index in [1.54, 1.807) is 6.20 Å². The van der Waals surface area contributed by atoms with Crippen LogP contribution in [-0.2, 0) is 9.59 Å². The molecule has 0 fully saturated rings. The number of fused-ring (bicyclic) bond motifs is 2. The normalized spacial score (nSPS) is 20.9. The van der Waals surface area contributed by atoms with Gasteiger partial charge in [0.05, 0.1) is 28.1 Å². The molecule has 5 nitrogen and oxygen atoms in total. The Morgan fingerprint density at radius 2 is 1.61 bits per heavy atom. The second-order valence-corrected chi connectivity index (χ2v) is 9.30. The van der Waals surface area contributed by atoms with Crippen molar-refractivity contribution in [1.82, 2.24) is 14.9 Å². The van der Waals surface area contributed by atoms with E-state index in [1.807, 2.05) is 59.2 Å². The van der Waals surface area contributed by atoms with Gasteiger partial charge in [0.25, 0.3) is 11.8 Å². The molecule has 0 radical (unpaired) electrons. The van der Waals surface area contributed by atoms with E-state index in [2.05, 4.69) is 16.4 Å². The van der Waals surface area contributed by atoms with Gasteiger partial charge in [0.1, 0.15) is 5.15 Å². The molecule has 1 aliphatic carbocycles. The van der Waals surface area contributed by atoms with Crippen molar-refractivity contribution in [1.29, 1.82) is 0 Å². The van der Waals surface area contributed by atoms with Gasteiger partial charge in [-0.15, -0.1) is 11.6 Å². The van der Waals surface area contributed by atoms with Crippen LogP contribution in [0.4, 0.5) is 0 Å². The number of amides is 2. The number of aromatic amines is 1. The molecule has 2 atom stereocenters. The number of carbonyl (C=O) groups is 2. The first-order chi connectivity index (χ1) is 16.0. The zero-order valence-corrected chi connectivity index (χ0v) is 19.0. The number of aromatic nitrogens is 2. The molecule has 33 heavy (non-hydrogen) atoms. The van der Waals surface area contributed by atoms with Crippen molar-refractivity contribution < 1.29 is 9.59 Å². The number of rotatable bonds is 3. The zero-order valence-electron chi connectivity index (χ0n) is 17.4. The number of hydrogen-bond acceptors (Lipinski definition) is 2. The van der Waals surface area contributed by atoms with Crippen LogP contribution in [0, 0.1) is 0 Å². The molecule has 0 spiro atoms. The zero-order chi connectivity index (χ0) is 22.7. The highest BCUT2D eigenvalue weighted by molar-refractivity contribution is 6.52. The second-order valence-electron chi connectivity index (χ2n) is 8.38. The fourth-order valence-electron chi connectivity index (χ4n) is 5.01. The number of benzene rings is 2. The SMILES string of the molecule is O=C1NC(=O)C(c2c(Cl)n(C3C=CC(Cl)CC3)c3ccccc23)=C1c1c[nH]c2ccccc12. The highest BCUT2D eigenvalue weighted by Gasteiger charge is 2.37. The number of para-hydroxylation sites is 2. The topological polar surface area (TPSA) is 66.9 Å². The lowest BCUT2D eigenvalue weighted by atomic mass is 9.95. The van der Waals surface area contributed by atoms with E-state index in [9.17, 15) is 9.59 Å². The van der Waals surface area contributed by atoms with Gasteiger partial charge in [-0.25, -0.2) is 0 Å². The van der Waals surface area contributed by atoms with Gasteiger partial charge in [0, 0.05) is 33.6 Å². The van der Waals surface area contributed by atoms with Gasteiger partial charge in [-0.05, 0) is 25.0 Å². The van der Waals surface area contributed by atoms with Crippen LogP contribution in [0.15, 0.2) is 66.9 Å². The summed E-state index contributed by atoms with van der Waals surface area (Å²) in [6, 6.07) is 15.5. The van der Waals surface area contributed by atoms with Crippen molar-refractivity contribution in [3.63, 3.8) is 0 Å². The number of allylic oxidation sites excluding steroid dienone is 2.